The molecule has 4 nitrogen and oxygen atoms in total. The van der Waals surface area contributed by atoms with Crippen LogP contribution in [-0.4, -0.2) is 10.9 Å². The highest BCUT2D eigenvalue weighted by Crippen LogP contribution is 2.26. The minimum absolute atomic E-state index is 0.142. The molecule has 4 rings (SSSR count). The maximum Gasteiger partial charge on any atom is 0.255 e. The molecule has 1 amide bonds. The van der Waals surface area contributed by atoms with Crippen LogP contribution in [-0.2, 0) is 0 Å². The predicted molar refractivity (Wildman–Crippen MR) is 121 cm³/mol. The highest BCUT2D eigenvalue weighted by atomic mass is 32.1. The van der Waals surface area contributed by atoms with Crippen molar-refractivity contribution in [2.45, 2.75) is 0 Å². The number of anilines is 2. The van der Waals surface area contributed by atoms with Crippen molar-refractivity contribution >= 4 is 34.1 Å². The second-order valence-corrected chi connectivity index (χ2v) is 7.32. The predicted octanol–water partition coefficient (Wildman–Crippen LogP) is 6.28. The summed E-state index contributed by atoms with van der Waals surface area (Å²) in [7, 11) is 0. The van der Waals surface area contributed by atoms with Crippen molar-refractivity contribution in [2.75, 3.05) is 10.6 Å². The van der Waals surface area contributed by atoms with E-state index in [-0.39, 0.29) is 11.7 Å². The van der Waals surface area contributed by atoms with Crippen LogP contribution in [0.1, 0.15) is 15.9 Å². The fourth-order valence-electron chi connectivity index (χ4n) is 2.77. The molecule has 0 atom stereocenters. The van der Waals surface area contributed by atoms with Crippen LogP contribution in [0.25, 0.3) is 17.3 Å². The Bertz CT molecular complexity index is 1150. The maximum atomic E-state index is 12.9. The van der Waals surface area contributed by atoms with E-state index in [2.05, 4.69) is 15.6 Å². The average Bonchev–Trinajstić information content (AvgIpc) is 3.25. The molecule has 6 heteroatoms. The Morgan fingerprint density at radius 3 is 2.40 bits per heavy atom. The third-order valence-corrected chi connectivity index (χ3v) is 5.10. The molecule has 0 radical (unpaired) electrons. The average molecular weight is 415 g/mol. The van der Waals surface area contributed by atoms with E-state index in [0.29, 0.717) is 5.56 Å². The molecule has 148 valence electrons. The summed E-state index contributed by atoms with van der Waals surface area (Å²) in [6.07, 6.45) is 3.63. The van der Waals surface area contributed by atoms with Crippen molar-refractivity contribution in [2.24, 2.45) is 0 Å². The van der Waals surface area contributed by atoms with Gasteiger partial charge in [-0.3, -0.25) is 4.79 Å². The van der Waals surface area contributed by atoms with E-state index >= 15 is 0 Å². The quantitative estimate of drug-likeness (QED) is 0.389. The molecule has 0 saturated carbocycles. The Morgan fingerprint density at radius 1 is 0.933 bits per heavy atom. The second kappa shape index (κ2) is 9.15. The highest BCUT2D eigenvalue weighted by Gasteiger charge is 2.07. The molecule has 1 aromatic heterocycles. The van der Waals surface area contributed by atoms with E-state index < -0.39 is 0 Å². The molecule has 1 heterocycles. The van der Waals surface area contributed by atoms with Gasteiger partial charge in [-0.25, -0.2) is 9.37 Å². The van der Waals surface area contributed by atoms with Crippen LogP contribution < -0.4 is 10.6 Å². The van der Waals surface area contributed by atoms with E-state index in [4.69, 9.17) is 0 Å². The molecule has 30 heavy (non-hydrogen) atoms. The van der Waals surface area contributed by atoms with Gasteiger partial charge in [-0.15, -0.1) is 11.3 Å². The van der Waals surface area contributed by atoms with Crippen molar-refractivity contribution in [1.29, 1.82) is 0 Å². The number of nitrogens with zero attached hydrogens (tertiary/aromatic N) is 1. The largest absolute Gasteiger partial charge is 0.338 e. The SMILES string of the molecule is O=C(Nc1ccc(-c2csc(N/C=C\c3ccc(F)cc3)n2)cc1)c1ccccc1. The van der Waals surface area contributed by atoms with Gasteiger partial charge in [0.2, 0.25) is 0 Å². The van der Waals surface area contributed by atoms with Gasteiger partial charge in [-0.1, -0.05) is 42.5 Å². The first kappa shape index (κ1) is 19.5. The molecule has 0 saturated heterocycles. The van der Waals surface area contributed by atoms with E-state index in [1.807, 2.05) is 53.9 Å². The summed E-state index contributed by atoms with van der Waals surface area (Å²) in [6, 6.07) is 22.9. The number of carbonyl (C=O) groups is 1. The number of thiazole rings is 1. The van der Waals surface area contributed by atoms with Crippen LogP contribution in [0.3, 0.4) is 0 Å². The second-order valence-electron chi connectivity index (χ2n) is 6.46. The number of carbonyl (C=O) groups excluding carboxylic acids is 1. The molecule has 0 aliphatic carbocycles. The van der Waals surface area contributed by atoms with Gasteiger partial charge >= 0.3 is 0 Å². The number of benzene rings is 3. The van der Waals surface area contributed by atoms with Crippen LogP contribution >= 0.6 is 11.3 Å². The van der Waals surface area contributed by atoms with Gasteiger partial charge in [0.05, 0.1) is 5.69 Å². The molecule has 4 aromatic rings. The summed E-state index contributed by atoms with van der Waals surface area (Å²) in [4.78, 5) is 16.8. The summed E-state index contributed by atoms with van der Waals surface area (Å²) < 4.78 is 12.9. The highest BCUT2D eigenvalue weighted by molar-refractivity contribution is 7.14. The fourth-order valence-corrected chi connectivity index (χ4v) is 3.47. The lowest BCUT2D eigenvalue weighted by molar-refractivity contribution is 0.102. The van der Waals surface area contributed by atoms with Gasteiger partial charge in [-0.05, 0) is 48.0 Å². The van der Waals surface area contributed by atoms with E-state index in [1.54, 1.807) is 30.5 Å². The summed E-state index contributed by atoms with van der Waals surface area (Å²) in [6.45, 7) is 0. The molecule has 3 aromatic carbocycles. The number of amides is 1. The summed E-state index contributed by atoms with van der Waals surface area (Å²) in [5.74, 6) is -0.397. The normalized spacial score (nSPS) is 10.8. The number of rotatable bonds is 6. The number of hydrogen-bond donors (Lipinski definition) is 2. The number of hydrogen-bond acceptors (Lipinski definition) is 4. The third-order valence-electron chi connectivity index (χ3n) is 4.33. The first-order valence-electron chi connectivity index (χ1n) is 9.28. The van der Waals surface area contributed by atoms with Crippen LogP contribution in [0.2, 0.25) is 0 Å². The van der Waals surface area contributed by atoms with Crippen molar-refractivity contribution in [3.05, 3.63) is 107 Å². The molecule has 0 fully saturated rings. The van der Waals surface area contributed by atoms with Crippen molar-refractivity contribution in [3.8, 4) is 11.3 Å². The number of halogens is 1. The lowest BCUT2D eigenvalue weighted by Crippen LogP contribution is -2.11. The lowest BCUT2D eigenvalue weighted by Gasteiger charge is -2.06. The molecular weight excluding hydrogens is 397 g/mol. The van der Waals surface area contributed by atoms with Gasteiger partial charge in [0.25, 0.3) is 5.91 Å². The van der Waals surface area contributed by atoms with Crippen LogP contribution in [0, 0.1) is 5.82 Å². The molecule has 0 aliphatic heterocycles. The first-order chi connectivity index (χ1) is 14.7. The van der Waals surface area contributed by atoms with E-state index in [9.17, 15) is 9.18 Å². The Morgan fingerprint density at radius 2 is 1.67 bits per heavy atom. The zero-order valence-electron chi connectivity index (χ0n) is 15.9. The van der Waals surface area contributed by atoms with Crippen molar-refractivity contribution < 1.29 is 9.18 Å². The summed E-state index contributed by atoms with van der Waals surface area (Å²) >= 11 is 1.49. The Kier molecular flexibility index (Phi) is 5.96. The third kappa shape index (κ3) is 4.98. The smallest absolute Gasteiger partial charge is 0.255 e. The lowest BCUT2D eigenvalue weighted by atomic mass is 10.1. The number of aromatic nitrogens is 1. The van der Waals surface area contributed by atoms with Crippen LogP contribution in [0.5, 0.6) is 0 Å². The molecule has 0 spiro atoms. The summed E-state index contributed by atoms with van der Waals surface area (Å²) in [5, 5.41) is 8.74. The van der Waals surface area contributed by atoms with Crippen LogP contribution in [0.4, 0.5) is 15.2 Å². The molecule has 0 aliphatic rings. The minimum atomic E-state index is -0.254. The molecule has 0 bridgehead atoms. The van der Waals surface area contributed by atoms with Gasteiger partial charge in [0.15, 0.2) is 5.13 Å². The zero-order valence-corrected chi connectivity index (χ0v) is 16.7. The first-order valence-corrected chi connectivity index (χ1v) is 10.2. The van der Waals surface area contributed by atoms with Crippen molar-refractivity contribution in [1.82, 2.24) is 4.98 Å². The topological polar surface area (TPSA) is 54.0 Å². The summed E-state index contributed by atoms with van der Waals surface area (Å²) in [5.41, 5.74) is 4.04. The van der Waals surface area contributed by atoms with Gasteiger partial charge in [0.1, 0.15) is 5.82 Å². The standard InChI is InChI=1S/C24H18FN3OS/c25-20-10-6-17(7-11-20)14-15-26-24-28-22(16-30-24)18-8-12-21(13-9-18)27-23(29)19-4-2-1-3-5-19/h1-16H,(H,26,28)(H,27,29)/b15-14-. The molecular formula is C24H18FN3OS. The molecule has 0 unspecified atom stereocenters. The van der Waals surface area contributed by atoms with Crippen molar-refractivity contribution in [3.63, 3.8) is 0 Å². The Labute approximate surface area is 177 Å². The van der Waals surface area contributed by atoms with Crippen LogP contribution in [0.15, 0.2) is 90.4 Å². The van der Waals surface area contributed by atoms with Gasteiger partial charge in [-0.2, -0.15) is 0 Å². The van der Waals surface area contributed by atoms with Gasteiger partial charge in [0, 0.05) is 28.4 Å². The monoisotopic (exact) mass is 415 g/mol. The Balaban J connectivity index is 1.37. The number of nitrogens with one attached hydrogen (secondary N) is 2. The van der Waals surface area contributed by atoms with E-state index in [0.717, 1.165) is 27.6 Å². The maximum absolute atomic E-state index is 12.9. The zero-order chi connectivity index (χ0) is 20.8. The fraction of sp³-hybridized carbons (Fsp3) is 0. The molecule has 2 N–H and O–H groups in total. The minimum Gasteiger partial charge on any atom is -0.338 e. The van der Waals surface area contributed by atoms with Gasteiger partial charge < -0.3 is 10.6 Å². The Hall–Kier alpha value is -3.77. The van der Waals surface area contributed by atoms with E-state index in [1.165, 1.54) is 23.5 Å².